The Morgan fingerprint density at radius 3 is 2.00 bits per heavy atom. The van der Waals surface area contributed by atoms with Crippen LogP contribution < -0.4 is 10.4 Å². The summed E-state index contributed by atoms with van der Waals surface area (Å²) in [6.07, 6.45) is 0.709. The summed E-state index contributed by atoms with van der Waals surface area (Å²) in [6, 6.07) is 5.66. The molecule has 0 aliphatic carbocycles. The first-order valence-corrected chi connectivity index (χ1v) is 6.21. The summed E-state index contributed by atoms with van der Waals surface area (Å²) in [6.45, 7) is -0.282. The highest BCUT2D eigenvalue weighted by molar-refractivity contribution is 5.39. The molecule has 0 aliphatic heterocycles. The van der Waals surface area contributed by atoms with Crippen LogP contribution in [0, 0.1) is 30.3 Å². The van der Waals surface area contributed by atoms with Crippen LogP contribution in [0.15, 0.2) is 41.3 Å². The van der Waals surface area contributed by atoms with Gasteiger partial charge in [0.25, 0.3) is 11.4 Å². The first kappa shape index (κ1) is 16.5. The number of nitro groups is 3. The molecule has 0 fully saturated rings. The molecule has 2 rings (SSSR count). The molecular weight excluding hydrogens is 328 g/mol. The van der Waals surface area contributed by atoms with Gasteiger partial charge >= 0.3 is 11.2 Å². The predicted octanol–water partition coefficient (Wildman–Crippen LogP) is 1.20. The number of non-ortho nitro benzene ring substituents is 1. The first-order valence-electron chi connectivity index (χ1n) is 6.21. The molecule has 1 aromatic heterocycles. The van der Waals surface area contributed by atoms with Gasteiger partial charge in [0.15, 0.2) is 0 Å². The third-order valence-electron chi connectivity index (χ3n) is 2.88. The van der Waals surface area contributed by atoms with Crippen molar-refractivity contribution in [2.45, 2.75) is 6.61 Å². The number of aromatic nitrogens is 1. The fourth-order valence-corrected chi connectivity index (χ4v) is 1.72. The van der Waals surface area contributed by atoms with Crippen LogP contribution in [0.3, 0.4) is 0 Å². The minimum Gasteiger partial charge on any atom is -0.406 e. The van der Waals surface area contributed by atoms with Gasteiger partial charge in [-0.1, -0.05) is 0 Å². The highest BCUT2D eigenvalue weighted by atomic mass is 16.7. The van der Waals surface area contributed by atoms with Crippen molar-refractivity contribution in [3.63, 3.8) is 0 Å². The van der Waals surface area contributed by atoms with Crippen LogP contribution in [0.5, 0.6) is 0 Å². The Bertz CT molecular complexity index is 874. The van der Waals surface area contributed by atoms with Crippen molar-refractivity contribution >= 4 is 17.1 Å². The first-order chi connectivity index (χ1) is 11.3. The van der Waals surface area contributed by atoms with Gasteiger partial charge < -0.3 is 4.84 Å². The molecule has 1 aromatic carbocycles. The van der Waals surface area contributed by atoms with Gasteiger partial charge in [-0.3, -0.25) is 35.1 Å². The second-order valence-corrected chi connectivity index (χ2v) is 4.43. The van der Waals surface area contributed by atoms with E-state index in [1.807, 2.05) is 0 Å². The average Bonchev–Trinajstić information content (AvgIpc) is 2.53. The lowest BCUT2D eigenvalue weighted by atomic mass is 10.2. The van der Waals surface area contributed by atoms with Crippen LogP contribution in [0.4, 0.5) is 17.1 Å². The van der Waals surface area contributed by atoms with E-state index in [-0.39, 0.29) is 12.3 Å². The zero-order valence-electron chi connectivity index (χ0n) is 11.7. The second kappa shape index (κ2) is 6.51. The van der Waals surface area contributed by atoms with Crippen LogP contribution in [-0.4, -0.2) is 19.5 Å². The zero-order valence-corrected chi connectivity index (χ0v) is 11.7. The summed E-state index contributed by atoms with van der Waals surface area (Å²) in [7, 11) is 0. The molecule has 0 atom stereocenters. The molecular formula is C12H8N4O8. The molecule has 1 heterocycles. The molecule has 124 valence electrons. The Hall–Kier alpha value is -3.83. The molecule has 0 bridgehead atoms. The predicted molar refractivity (Wildman–Crippen MR) is 77.4 cm³/mol. The van der Waals surface area contributed by atoms with Crippen molar-refractivity contribution in [2.75, 3.05) is 0 Å². The minimum atomic E-state index is -1.17. The molecule has 12 nitrogen and oxygen atoms in total. The van der Waals surface area contributed by atoms with Crippen LogP contribution >= 0.6 is 0 Å². The summed E-state index contributed by atoms with van der Waals surface area (Å²) in [5.41, 5.74) is -2.60. The van der Waals surface area contributed by atoms with E-state index in [0.29, 0.717) is 22.6 Å². The van der Waals surface area contributed by atoms with Gasteiger partial charge in [0.05, 0.1) is 14.8 Å². The quantitative estimate of drug-likeness (QED) is 0.561. The van der Waals surface area contributed by atoms with Gasteiger partial charge in [-0.05, 0) is 17.7 Å². The maximum Gasteiger partial charge on any atom is 0.361 e. The summed E-state index contributed by atoms with van der Waals surface area (Å²) in [5, 5.41) is 32.1. The third-order valence-corrected chi connectivity index (χ3v) is 2.88. The van der Waals surface area contributed by atoms with E-state index >= 15 is 0 Å². The molecule has 0 radical (unpaired) electrons. The number of pyridine rings is 1. The molecule has 0 saturated heterocycles. The largest absolute Gasteiger partial charge is 0.406 e. The Kier molecular flexibility index (Phi) is 4.49. The van der Waals surface area contributed by atoms with Crippen molar-refractivity contribution in [1.82, 2.24) is 4.73 Å². The lowest BCUT2D eigenvalue weighted by molar-refractivity contribution is -0.396. The number of hydrogen-bond acceptors (Lipinski definition) is 8. The number of nitro benzene ring substituents is 1. The van der Waals surface area contributed by atoms with E-state index in [9.17, 15) is 35.1 Å². The molecule has 24 heavy (non-hydrogen) atoms. The molecule has 2 aromatic rings. The number of benzene rings is 1. The normalized spacial score (nSPS) is 10.2. The Morgan fingerprint density at radius 1 is 0.917 bits per heavy atom. The van der Waals surface area contributed by atoms with Crippen molar-refractivity contribution < 1.29 is 19.6 Å². The molecule has 0 amide bonds. The third kappa shape index (κ3) is 3.49. The Labute approximate surface area is 131 Å². The van der Waals surface area contributed by atoms with Gasteiger partial charge in [0, 0.05) is 12.1 Å². The van der Waals surface area contributed by atoms with E-state index < -0.39 is 31.7 Å². The summed E-state index contributed by atoms with van der Waals surface area (Å²) >= 11 is 0. The van der Waals surface area contributed by atoms with Gasteiger partial charge in [0.2, 0.25) is 0 Å². The second-order valence-electron chi connectivity index (χ2n) is 4.43. The van der Waals surface area contributed by atoms with Crippen molar-refractivity contribution in [3.8, 4) is 0 Å². The van der Waals surface area contributed by atoms with Crippen LogP contribution in [0.2, 0.25) is 0 Å². The van der Waals surface area contributed by atoms with Crippen LogP contribution in [0.25, 0.3) is 0 Å². The van der Waals surface area contributed by atoms with E-state index in [2.05, 4.69) is 0 Å². The van der Waals surface area contributed by atoms with Gasteiger partial charge in [0.1, 0.15) is 18.9 Å². The number of rotatable bonds is 6. The van der Waals surface area contributed by atoms with Crippen LogP contribution in [0.1, 0.15) is 5.56 Å². The highest BCUT2D eigenvalue weighted by Crippen LogP contribution is 2.15. The topological polar surface area (TPSA) is 161 Å². The molecule has 0 saturated carbocycles. The Balaban J connectivity index is 2.28. The van der Waals surface area contributed by atoms with Crippen molar-refractivity contribution in [3.05, 3.63) is 82.8 Å². The summed E-state index contributed by atoms with van der Waals surface area (Å²) in [5.74, 6) is 0. The lowest BCUT2D eigenvalue weighted by Crippen LogP contribution is -2.28. The maximum atomic E-state index is 11.8. The Morgan fingerprint density at radius 2 is 1.50 bits per heavy atom. The smallest absolute Gasteiger partial charge is 0.361 e. The molecule has 12 heteroatoms. The highest BCUT2D eigenvalue weighted by Gasteiger charge is 2.22. The minimum absolute atomic E-state index is 0.151. The lowest BCUT2D eigenvalue weighted by Gasteiger charge is -2.07. The SMILES string of the molecule is O=c1c([N+](=O)[O-])cc([N+](=O)[O-])cn1OCc1ccc([N+](=O)[O-])cc1. The van der Waals surface area contributed by atoms with E-state index in [4.69, 9.17) is 4.84 Å². The average molecular weight is 336 g/mol. The van der Waals surface area contributed by atoms with E-state index in [0.717, 1.165) is 0 Å². The maximum absolute atomic E-state index is 11.8. The molecule has 0 unspecified atom stereocenters. The zero-order chi connectivity index (χ0) is 17.9. The van der Waals surface area contributed by atoms with Gasteiger partial charge in [-0.2, -0.15) is 0 Å². The molecule has 0 N–H and O–H groups in total. The monoisotopic (exact) mass is 336 g/mol. The molecule has 0 aliphatic rings. The van der Waals surface area contributed by atoms with E-state index in [1.165, 1.54) is 24.3 Å². The van der Waals surface area contributed by atoms with Crippen LogP contribution in [-0.2, 0) is 6.61 Å². The number of nitrogens with zero attached hydrogens (tertiary/aromatic N) is 4. The summed E-state index contributed by atoms with van der Waals surface area (Å²) < 4.78 is 0.387. The van der Waals surface area contributed by atoms with E-state index in [1.54, 1.807) is 0 Å². The fraction of sp³-hybridized carbons (Fsp3) is 0.0833. The fourth-order valence-electron chi connectivity index (χ4n) is 1.72. The van der Waals surface area contributed by atoms with Gasteiger partial charge in [-0.25, -0.2) is 0 Å². The van der Waals surface area contributed by atoms with Crippen molar-refractivity contribution in [2.24, 2.45) is 0 Å². The molecule has 0 spiro atoms. The standard InChI is InChI=1S/C12H8N4O8/c17-12-11(16(22)23)5-10(15(20)21)6-13(12)24-7-8-1-3-9(4-2-8)14(18)19/h1-6H,7H2. The van der Waals surface area contributed by atoms with Crippen molar-refractivity contribution in [1.29, 1.82) is 0 Å². The number of hydrogen-bond donors (Lipinski definition) is 0. The van der Waals surface area contributed by atoms with Gasteiger partial charge in [-0.15, -0.1) is 4.73 Å². The summed E-state index contributed by atoms with van der Waals surface area (Å²) in [4.78, 5) is 46.4.